The van der Waals surface area contributed by atoms with Crippen molar-refractivity contribution in [1.82, 2.24) is 0 Å². The van der Waals surface area contributed by atoms with Crippen LogP contribution >= 0.6 is 0 Å². The third-order valence-corrected chi connectivity index (χ3v) is 3.29. The predicted molar refractivity (Wildman–Crippen MR) is 57.2 cm³/mol. The van der Waals surface area contributed by atoms with Crippen LogP contribution in [0.5, 0.6) is 5.75 Å². The molecule has 2 nitrogen and oxygen atoms in total. The van der Waals surface area contributed by atoms with Crippen LogP contribution in [-0.4, -0.2) is 19.7 Å². The SMILES string of the molecule is CCN1CCc2c1ccc1c2OCC1. The van der Waals surface area contributed by atoms with Crippen molar-refractivity contribution in [2.45, 2.75) is 19.8 Å². The molecule has 0 spiro atoms. The van der Waals surface area contributed by atoms with Gasteiger partial charge < -0.3 is 9.64 Å². The van der Waals surface area contributed by atoms with E-state index >= 15 is 0 Å². The minimum Gasteiger partial charge on any atom is -0.493 e. The summed E-state index contributed by atoms with van der Waals surface area (Å²) in [5.41, 5.74) is 4.25. The summed E-state index contributed by atoms with van der Waals surface area (Å²) in [5.74, 6) is 1.19. The monoisotopic (exact) mass is 189 g/mol. The first-order valence-electron chi connectivity index (χ1n) is 5.42. The van der Waals surface area contributed by atoms with Gasteiger partial charge in [-0.15, -0.1) is 0 Å². The van der Waals surface area contributed by atoms with Gasteiger partial charge in [0.2, 0.25) is 0 Å². The van der Waals surface area contributed by atoms with Crippen LogP contribution in [0.4, 0.5) is 5.69 Å². The maximum absolute atomic E-state index is 5.71. The lowest BCUT2D eigenvalue weighted by atomic mass is 10.1. The summed E-state index contributed by atoms with van der Waals surface area (Å²) in [7, 11) is 0. The fourth-order valence-corrected chi connectivity index (χ4v) is 2.54. The van der Waals surface area contributed by atoms with Crippen molar-refractivity contribution in [3.63, 3.8) is 0 Å². The van der Waals surface area contributed by atoms with Crippen molar-refractivity contribution in [2.24, 2.45) is 0 Å². The third-order valence-electron chi connectivity index (χ3n) is 3.29. The topological polar surface area (TPSA) is 12.5 Å². The zero-order chi connectivity index (χ0) is 9.54. The molecular weight excluding hydrogens is 174 g/mol. The number of ether oxygens (including phenoxy) is 1. The molecular formula is C12H15NO. The first kappa shape index (κ1) is 8.16. The Morgan fingerprint density at radius 2 is 2.29 bits per heavy atom. The van der Waals surface area contributed by atoms with E-state index in [0.29, 0.717) is 0 Å². The van der Waals surface area contributed by atoms with Crippen molar-refractivity contribution < 1.29 is 4.74 Å². The molecule has 0 saturated carbocycles. The number of fused-ring (bicyclic) bond motifs is 3. The Hall–Kier alpha value is -1.18. The van der Waals surface area contributed by atoms with Crippen LogP contribution in [0, 0.1) is 0 Å². The maximum Gasteiger partial charge on any atom is 0.127 e. The largest absolute Gasteiger partial charge is 0.493 e. The summed E-state index contributed by atoms with van der Waals surface area (Å²) in [6.07, 6.45) is 2.25. The van der Waals surface area contributed by atoms with Gasteiger partial charge in [-0.05, 0) is 25.0 Å². The first-order valence-corrected chi connectivity index (χ1v) is 5.42. The normalized spacial score (nSPS) is 17.9. The molecule has 0 bridgehead atoms. The number of hydrogen-bond acceptors (Lipinski definition) is 2. The van der Waals surface area contributed by atoms with Crippen LogP contribution in [0.25, 0.3) is 0 Å². The van der Waals surface area contributed by atoms with Crippen LogP contribution in [0.2, 0.25) is 0 Å². The molecule has 0 aromatic heterocycles. The summed E-state index contributed by atoms with van der Waals surface area (Å²) in [6, 6.07) is 4.49. The Balaban J connectivity index is 2.12. The highest BCUT2D eigenvalue weighted by molar-refractivity contribution is 5.66. The Kier molecular flexibility index (Phi) is 1.69. The minimum atomic E-state index is 0.873. The molecule has 0 saturated heterocycles. The lowest BCUT2D eigenvalue weighted by Gasteiger charge is -2.16. The number of benzene rings is 1. The van der Waals surface area contributed by atoms with Gasteiger partial charge in [0.1, 0.15) is 5.75 Å². The van der Waals surface area contributed by atoms with Gasteiger partial charge in [0, 0.05) is 30.8 Å². The second-order valence-corrected chi connectivity index (χ2v) is 3.98. The molecule has 1 aromatic carbocycles. The zero-order valence-electron chi connectivity index (χ0n) is 8.55. The van der Waals surface area contributed by atoms with E-state index < -0.39 is 0 Å². The number of anilines is 1. The van der Waals surface area contributed by atoms with Crippen molar-refractivity contribution in [3.05, 3.63) is 23.3 Å². The molecule has 0 amide bonds. The summed E-state index contributed by atoms with van der Waals surface area (Å²) < 4.78 is 5.71. The Labute approximate surface area is 84.5 Å². The Bertz CT molecular complexity index is 373. The van der Waals surface area contributed by atoms with Crippen molar-refractivity contribution >= 4 is 5.69 Å². The molecule has 0 aliphatic carbocycles. The molecule has 2 heterocycles. The summed E-state index contributed by atoms with van der Waals surface area (Å²) in [6.45, 7) is 5.35. The molecule has 0 N–H and O–H groups in total. The van der Waals surface area contributed by atoms with Gasteiger partial charge in [0.15, 0.2) is 0 Å². The van der Waals surface area contributed by atoms with Gasteiger partial charge in [-0.25, -0.2) is 0 Å². The molecule has 2 aliphatic heterocycles. The fraction of sp³-hybridized carbons (Fsp3) is 0.500. The van der Waals surface area contributed by atoms with E-state index in [2.05, 4.69) is 24.0 Å². The third kappa shape index (κ3) is 0.969. The molecule has 1 aromatic rings. The minimum absolute atomic E-state index is 0.873. The van der Waals surface area contributed by atoms with Crippen molar-refractivity contribution in [3.8, 4) is 5.75 Å². The van der Waals surface area contributed by atoms with Crippen LogP contribution in [0.15, 0.2) is 12.1 Å². The van der Waals surface area contributed by atoms with Gasteiger partial charge in [-0.1, -0.05) is 6.07 Å². The quantitative estimate of drug-likeness (QED) is 0.670. The van der Waals surface area contributed by atoms with Gasteiger partial charge in [-0.2, -0.15) is 0 Å². The highest BCUT2D eigenvalue weighted by atomic mass is 16.5. The molecule has 0 unspecified atom stereocenters. The smallest absolute Gasteiger partial charge is 0.127 e. The number of rotatable bonds is 1. The fourth-order valence-electron chi connectivity index (χ4n) is 2.54. The lowest BCUT2D eigenvalue weighted by Crippen LogP contribution is -2.18. The average Bonchev–Trinajstić information content (AvgIpc) is 2.82. The Morgan fingerprint density at radius 1 is 1.36 bits per heavy atom. The van der Waals surface area contributed by atoms with Crippen molar-refractivity contribution in [1.29, 1.82) is 0 Å². The zero-order valence-corrected chi connectivity index (χ0v) is 8.55. The Morgan fingerprint density at radius 3 is 3.14 bits per heavy atom. The van der Waals surface area contributed by atoms with Gasteiger partial charge >= 0.3 is 0 Å². The first-order chi connectivity index (χ1) is 6.90. The van der Waals surface area contributed by atoms with E-state index in [4.69, 9.17) is 4.74 Å². The van der Waals surface area contributed by atoms with E-state index in [-0.39, 0.29) is 0 Å². The second-order valence-electron chi connectivity index (χ2n) is 3.98. The average molecular weight is 189 g/mol. The molecule has 14 heavy (non-hydrogen) atoms. The number of nitrogens with zero attached hydrogens (tertiary/aromatic N) is 1. The predicted octanol–water partition coefficient (Wildman–Crippen LogP) is 2.00. The van der Waals surface area contributed by atoms with E-state index in [1.54, 1.807) is 0 Å². The number of likely N-dealkylation sites (N-methyl/N-ethyl adjacent to an activating group) is 1. The molecule has 0 atom stereocenters. The highest BCUT2D eigenvalue weighted by Crippen LogP contribution is 2.39. The van der Waals surface area contributed by atoms with E-state index in [9.17, 15) is 0 Å². The number of hydrogen-bond donors (Lipinski definition) is 0. The van der Waals surface area contributed by atoms with E-state index in [0.717, 1.165) is 32.5 Å². The van der Waals surface area contributed by atoms with Gasteiger partial charge in [-0.3, -0.25) is 0 Å². The summed E-state index contributed by atoms with van der Waals surface area (Å²) in [4.78, 5) is 2.43. The van der Waals surface area contributed by atoms with Gasteiger partial charge in [0.05, 0.1) is 6.61 Å². The maximum atomic E-state index is 5.71. The van der Waals surface area contributed by atoms with Crippen LogP contribution in [0.1, 0.15) is 18.1 Å². The van der Waals surface area contributed by atoms with Crippen LogP contribution in [0.3, 0.4) is 0 Å². The van der Waals surface area contributed by atoms with E-state index in [1.165, 1.54) is 22.6 Å². The molecule has 2 aliphatic rings. The lowest BCUT2D eigenvalue weighted by molar-refractivity contribution is 0.354. The van der Waals surface area contributed by atoms with Crippen molar-refractivity contribution in [2.75, 3.05) is 24.6 Å². The molecule has 74 valence electrons. The summed E-state index contributed by atoms with van der Waals surface area (Å²) >= 11 is 0. The van der Waals surface area contributed by atoms with Gasteiger partial charge in [0.25, 0.3) is 0 Å². The van der Waals surface area contributed by atoms with Crippen LogP contribution < -0.4 is 9.64 Å². The van der Waals surface area contributed by atoms with E-state index in [1.807, 2.05) is 0 Å². The molecule has 2 heteroatoms. The molecule has 0 fully saturated rings. The molecule has 3 rings (SSSR count). The van der Waals surface area contributed by atoms with Crippen LogP contribution in [-0.2, 0) is 12.8 Å². The molecule has 0 radical (unpaired) electrons. The summed E-state index contributed by atoms with van der Waals surface area (Å²) in [5, 5.41) is 0. The second kappa shape index (κ2) is 2.91. The highest BCUT2D eigenvalue weighted by Gasteiger charge is 2.25. The standard InChI is InChI=1S/C12H15NO/c1-2-13-7-5-10-11(13)4-3-9-6-8-14-12(9)10/h3-4H,2,5-8H2,1H3.